The molecule has 15 heavy (non-hydrogen) atoms. The second-order valence-corrected chi connectivity index (χ2v) is 4.47. The van der Waals surface area contributed by atoms with Crippen molar-refractivity contribution in [3.63, 3.8) is 0 Å². The summed E-state index contributed by atoms with van der Waals surface area (Å²) in [6, 6.07) is 8.46. The van der Waals surface area contributed by atoms with Crippen molar-refractivity contribution in [2.24, 2.45) is 0 Å². The van der Waals surface area contributed by atoms with Crippen LogP contribution in [0.25, 0.3) is 0 Å². The molecule has 4 heteroatoms. The molecule has 2 nitrogen and oxygen atoms in total. The Bertz CT molecular complexity index is 300. The van der Waals surface area contributed by atoms with Crippen LogP contribution in [-0.4, -0.2) is 31.1 Å². The highest BCUT2D eigenvalue weighted by atomic mass is 79.9. The van der Waals surface area contributed by atoms with Gasteiger partial charge in [0.25, 0.3) is 0 Å². The zero-order valence-corrected chi connectivity index (χ0v) is 11.0. The Morgan fingerprint density at radius 1 is 1.20 bits per heavy atom. The van der Waals surface area contributed by atoms with E-state index in [9.17, 15) is 0 Å². The van der Waals surface area contributed by atoms with Gasteiger partial charge in [-0.25, -0.2) is 0 Å². The molecule has 0 amide bonds. The molecular formula is C11H16BrClN2. The molecule has 1 aromatic rings. The summed E-state index contributed by atoms with van der Waals surface area (Å²) in [4.78, 5) is 2.48. The monoisotopic (exact) mass is 290 g/mol. The predicted molar refractivity (Wildman–Crippen MR) is 69.5 cm³/mol. The molecule has 1 fully saturated rings. The smallest absolute Gasteiger partial charge is 0.0246 e. The molecule has 1 aromatic carbocycles. The van der Waals surface area contributed by atoms with Gasteiger partial charge >= 0.3 is 0 Å². The highest BCUT2D eigenvalue weighted by Gasteiger charge is 2.10. The Morgan fingerprint density at radius 2 is 1.87 bits per heavy atom. The Balaban J connectivity index is 0.00000112. The van der Waals surface area contributed by atoms with Crippen LogP contribution in [0.2, 0.25) is 0 Å². The lowest BCUT2D eigenvalue weighted by Gasteiger charge is -2.27. The van der Waals surface area contributed by atoms with Crippen molar-refractivity contribution in [1.29, 1.82) is 0 Å². The highest BCUT2D eigenvalue weighted by Crippen LogP contribution is 2.17. The maximum atomic E-state index is 3.58. The van der Waals surface area contributed by atoms with Gasteiger partial charge in [0.2, 0.25) is 0 Å². The van der Waals surface area contributed by atoms with E-state index in [1.807, 2.05) is 0 Å². The second kappa shape index (κ2) is 6.48. The molecule has 0 unspecified atom stereocenters. The van der Waals surface area contributed by atoms with Crippen molar-refractivity contribution in [3.8, 4) is 0 Å². The van der Waals surface area contributed by atoms with E-state index in [1.54, 1.807) is 0 Å². The van der Waals surface area contributed by atoms with E-state index in [2.05, 4.69) is 50.4 Å². The number of nitrogens with zero attached hydrogens (tertiary/aromatic N) is 1. The van der Waals surface area contributed by atoms with Crippen LogP contribution in [0.4, 0.5) is 0 Å². The van der Waals surface area contributed by atoms with Crippen LogP contribution in [0, 0.1) is 0 Å². The molecule has 0 radical (unpaired) electrons. The van der Waals surface area contributed by atoms with Crippen LogP contribution in [0.1, 0.15) is 5.56 Å². The van der Waals surface area contributed by atoms with Crippen molar-refractivity contribution >= 4 is 28.3 Å². The minimum Gasteiger partial charge on any atom is -0.314 e. The first-order valence-corrected chi connectivity index (χ1v) is 5.82. The molecule has 0 aromatic heterocycles. The van der Waals surface area contributed by atoms with Crippen molar-refractivity contribution < 1.29 is 0 Å². The highest BCUT2D eigenvalue weighted by molar-refractivity contribution is 9.10. The summed E-state index contributed by atoms with van der Waals surface area (Å²) in [6.45, 7) is 5.60. The first-order chi connectivity index (χ1) is 6.86. The van der Waals surface area contributed by atoms with Crippen molar-refractivity contribution in [2.75, 3.05) is 26.2 Å². The van der Waals surface area contributed by atoms with Gasteiger partial charge in [-0.3, -0.25) is 4.90 Å². The molecule has 1 aliphatic rings. The summed E-state index contributed by atoms with van der Waals surface area (Å²) in [6.07, 6.45) is 0. The molecule has 1 saturated heterocycles. The summed E-state index contributed by atoms with van der Waals surface area (Å²) in [5.41, 5.74) is 1.38. The van der Waals surface area contributed by atoms with Gasteiger partial charge in [0.15, 0.2) is 0 Å². The van der Waals surface area contributed by atoms with E-state index in [0.29, 0.717) is 0 Å². The summed E-state index contributed by atoms with van der Waals surface area (Å²) in [5, 5.41) is 3.36. The quantitative estimate of drug-likeness (QED) is 0.899. The number of nitrogens with one attached hydrogen (secondary N) is 1. The largest absolute Gasteiger partial charge is 0.314 e. The number of halogens is 2. The van der Waals surface area contributed by atoms with Gasteiger partial charge < -0.3 is 5.32 Å². The van der Waals surface area contributed by atoms with Gasteiger partial charge in [0.1, 0.15) is 0 Å². The van der Waals surface area contributed by atoms with E-state index in [4.69, 9.17) is 0 Å². The topological polar surface area (TPSA) is 15.3 Å². The Kier molecular flexibility index (Phi) is 5.61. The van der Waals surface area contributed by atoms with Gasteiger partial charge in [-0.2, -0.15) is 0 Å². The van der Waals surface area contributed by atoms with Crippen LogP contribution in [0.15, 0.2) is 28.7 Å². The zero-order chi connectivity index (χ0) is 9.80. The molecule has 0 atom stereocenters. The van der Waals surface area contributed by atoms with E-state index in [-0.39, 0.29) is 12.4 Å². The Labute approximate surface area is 106 Å². The Morgan fingerprint density at radius 3 is 2.53 bits per heavy atom. The summed E-state index contributed by atoms with van der Waals surface area (Å²) in [5.74, 6) is 0. The predicted octanol–water partition coefficient (Wildman–Crippen LogP) is 2.28. The molecule has 1 N–H and O–H groups in total. The first kappa shape index (κ1) is 13.0. The minimum absolute atomic E-state index is 0. The summed E-state index contributed by atoms with van der Waals surface area (Å²) >= 11 is 3.58. The molecule has 0 bridgehead atoms. The van der Waals surface area contributed by atoms with Crippen LogP contribution in [0.3, 0.4) is 0 Å². The van der Waals surface area contributed by atoms with Crippen LogP contribution < -0.4 is 5.32 Å². The van der Waals surface area contributed by atoms with Gasteiger partial charge in [0.05, 0.1) is 0 Å². The SMILES string of the molecule is Brc1ccccc1CN1CCNCC1.Cl. The maximum absolute atomic E-state index is 3.58. The fourth-order valence-corrected chi connectivity index (χ4v) is 2.15. The van der Waals surface area contributed by atoms with E-state index < -0.39 is 0 Å². The summed E-state index contributed by atoms with van der Waals surface area (Å²) in [7, 11) is 0. The van der Waals surface area contributed by atoms with Crippen molar-refractivity contribution in [3.05, 3.63) is 34.3 Å². The van der Waals surface area contributed by atoms with Crippen LogP contribution in [0.5, 0.6) is 0 Å². The molecule has 1 heterocycles. The van der Waals surface area contributed by atoms with Gasteiger partial charge in [0, 0.05) is 37.2 Å². The van der Waals surface area contributed by atoms with Gasteiger partial charge in [-0.05, 0) is 11.6 Å². The average Bonchev–Trinajstić information content (AvgIpc) is 2.23. The molecule has 84 valence electrons. The molecule has 0 saturated carbocycles. The zero-order valence-electron chi connectivity index (χ0n) is 8.58. The Hall–Kier alpha value is -0.0900. The lowest BCUT2D eigenvalue weighted by atomic mass is 10.2. The molecular weight excluding hydrogens is 275 g/mol. The fourth-order valence-electron chi connectivity index (χ4n) is 1.74. The number of rotatable bonds is 2. The number of piperazine rings is 1. The van der Waals surface area contributed by atoms with Crippen LogP contribution in [-0.2, 0) is 6.54 Å². The van der Waals surface area contributed by atoms with E-state index >= 15 is 0 Å². The number of hydrogen-bond donors (Lipinski definition) is 1. The van der Waals surface area contributed by atoms with Gasteiger partial charge in [-0.1, -0.05) is 34.1 Å². The lowest BCUT2D eigenvalue weighted by molar-refractivity contribution is 0.233. The third kappa shape index (κ3) is 3.76. The normalized spacial score (nSPS) is 17.1. The molecule has 0 spiro atoms. The maximum Gasteiger partial charge on any atom is 0.0246 e. The standard InChI is InChI=1S/C11H15BrN2.ClH/c12-11-4-2-1-3-10(11)9-14-7-5-13-6-8-14;/h1-4,13H,5-9H2;1H. The van der Waals surface area contributed by atoms with E-state index in [0.717, 1.165) is 32.7 Å². The number of hydrogen-bond acceptors (Lipinski definition) is 2. The third-order valence-corrected chi connectivity index (χ3v) is 3.34. The molecule has 2 rings (SSSR count). The minimum atomic E-state index is 0. The van der Waals surface area contributed by atoms with Gasteiger partial charge in [-0.15, -0.1) is 12.4 Å². The number of benzene rings is 1. The first-order valence-electron chi connectivity index (χ1n) is 5.03. The second-order valence-electron chi connectivity index (χ2n) is 3.62. The average molecular weight is 292 g/mol. The summed E-state index contributed by atoms with van der Waals surface area (Å²) < 4.78 is 1.22. The molecule has 1 aliphatic heterocycles. The lowest BCUT2D eigenvalue weighted by Crippen LogP contribution is -2.42. The fraction of sp³-hybridized carbons (Fsp3) is 0.455. The van der Waals surface area contributed by atoms with Crippen molar-refractivity contribution in [2.45, 2.75) is 6.54 Å². The van der Waals surface area contributed by atoms with E-state index in [1.165, 1.54) is 10.0 Å². The van der Waals surface area contributed by atoms with Crippen molar-refractivity contribution in [1.82, 2.24) is 10.2 Å². The molecule has 0 aliphatic carbocycles. The third-order valence-electron chi connectivity index (χ3n) is 2.56. The van der Waals surface area contributed by atoms with Crippen LogP contribution >= 0.6 is 28.3 Å².